The summed E-state index contributed by atoms with van der Waals surface area (Å²) in [7, 11) is 0. The maximum atomic E-state index is 12.1. The maximum absolute atomic E-state index is 12.1. The van der Waals surface area contributed by atoms with E-state index in [4.69, 9.17) is 4.74 Å². The van der Waals surface area contributed by atoms with Gasteiger partial charge in [0.05, 0.1) is 6.61 Å². The van der Waals surface area contributed by atoms with E-state index in [0.29, 0.717) is 18.1 Å². The monoisotopic (exact) mass is 358 g/mol. The topological polar surface area (TPSA) is 26.3 Å². The molecule has 2 aromatic rings. The lowest BCUT2D eigenvalue weighted by atomic mass is 10.1. The van der Waals surface area contributed by atoms with Gasteiger partial charge in [-0.2, -0.15) is 0 Å². The van der Waals surface area contributed by atoms with E-state index in [2.05, 4.69) is 29.8 Å². The van der Waals surface area contributed by atoms with Crippen LogP contribution < -0.4 is 4.74 Å². The van der Waals surface area contributed by atoms with Crippen LogP contribution >= 0.6 is 15.9 Å². The first-order valence-electron chi connectivity index (χ1n) is 7.25. The highest BCUT2D eigenvalue weighted by atomic mass is 79.9. The largest absolute Gasteiger partial charge is 0.493 e. The number of rotatable bonds is 6. The van der Waals surface area contributed by atoms with Crippen molar-refractivity contribution in [1.29, 1.82) is 0 Å². The molecule has 2 aromatic carbocycles. The number of ether oxygens (including phenoxy) is 1. The highest BCUT2D eigenvalue weighted by molar-refractivity contribution is 9.10. The van der Waals surface area contributed by atoms with Crippen LogP contribution in [0.3, 0.4) is 0 Å². The van der Waals surface area contributed by atoms with Crippen molar-refractivity contribution < 1.29 is 9.53 Å². The van der Waals surface area contributed by atoms with E-state index in [1.165, 1.54) is 0 Å². The summed E-state index contributed by atoms with van der Waals surface area (Å²) in [6.45, 7) is 4.91. The minimum absolute atomic E-state index is 0.0187. The fourth-order valence-electron chi connectivity index (χ4n) is 1.88. The summed E-state index contributed by atoms with van der Waals surface area (Å²) in [5.74, 6) is 1.29. The molecule has 0 amide bonds. The van der Waals surface area contributed by atoms with E-state index < -0.39 is 0 Å². The third-order valence-corrected chi connectivity index (χ3v) is 3.47. The number of benzene rings is 2. The van der Waals surface area contributed by atoms with Crippen molar-refractivity contribution in [3.8, 4) is 5.75 Å². The van der Waals surface area contributed by atoms with Gasteiger partial charge in [-0.05, 0) is 41.8 Å². The number of carbonyl (C=O) groups is 1. The van der Waals surface area contributed by atoms with Crippen molar-refractivity contribution in [3.63, 3.8) is 0 Å². The molecule has 0 aliphatic carbocycles. The number of carbonyl (C=O) groups excluding carboxylic acids is 1. The Labute approximate surface area is 139 Å². The maximum Gasteiger partial charge on any atom is 0.185 e. The zero-order chi connectivity index (χ0) is 15.9. The van der Waals surface area contributed by atoms with Crippen LogP contribution in [0.25, 0.3) is 6.08 Å². The van der Waals surface area contributed by atoms with Crippen LogP contribution in [0.1, 0.15) is 29.8 Å². The van der Waals surface area contributed by atoms with Crippen LogP contribution in [0, 0.1) is 5.92 Å². The molecule has 2 rings (SSSR count). The summed E-state index contributed by atoms with van der Waals surface area (Å²) in [5, 5.41) is 0. The van der Waals surface area contributed by atoms with E-state index in [9.17, 15) is 4.79 Å². The molecule has 0 heterocycles. The molecule has 0 aliphatic heterocycles. The van der Waals surface area contributed by atoms with Crippen molar-refractivity contribution in [1.82, 2.24) is 0 Å². The normalized spacial score (nSPS) is 11.1. The van der Waals surface area contributed by atoms with Gasteiger partial charge >= 0.3 is 0 Å². The summed E-state index contributed by atoms with van der Waals surface area (Å²) >= 11 is 3.37. The van der Waals surface area contributed by atoms with Gasteiger partial charge in [0.2, 0.25) is 0 Å². The Hall–Kier alpha value is -1.87. The lowest BCUT2D eigenvalue weighted by Gasteiger charge is -2.08. The zero-order valence-electron chi connectivity index (χ0n) is 12.8. The highest BCUT2D eigenvalue weighted by Gasteiger charge is 2.02. The Balaban J connectivity index is 2.06. The third-order valence-electron chi connectivity index (χ3n) is 2.98. The van der Waals surface area contributed by atoms with E-state index in [1.54, 1.807) is 12.1 Å². The molecule has 22 heavy (non-hydrogen) atoms. The molecule has 0 spiro atoms. The standard InChI is InChI=1S/C19H19BrO2/c1-14(2)13-22-18-8-3-5-15(11-18)9-10-19(21)16-6-4-7-17(20)12-16/h3-12,14H,13H2,1-2H3/b10-9+. The lowest BCUT2D eigenvalue weighted by Crippen LogP contribution is -2.04. The van der Waals surface area contributed by atoms with Crippen LogP contribution in [0.15, 0.2) is 59.1 Å². The summed E-state index contributed by atoms with van der Waals surface area (Å²) < 4.78 is 6.59. The molecule has 0 N–H and O–H groups in total. The van der Waals surface area contributed by atoms with Gasteiger partial charge in [0.1, 0.15) is 5.75 Å². The second kappa shape index (κ2) is 7.95. The van der Waals surface area contributed by atoms with Crippen molar-refractivity contribution in [2.75, 3.05) is 6.61 Å². The van der Waals surface area contributed by atoms with E-state index >= 15 is 0 Å². The van der Waals surface area contributed by atoms with Crippen molar-refractivity contribution in [3.05, 3.63) is 70.2 Å². The number of ketones is 1. The zero-order valence-corrected chi connectivity index (χ0v) is 14.3. The first-order valence-corrected chi connectivity index (χ1v) is 8.05. The van der Waals surface area contributed by atoms with E-state index in [-0.39, 0.29) is 5.78 Å². The number of allylic oxidation sites excluding steroid dienone is 1. The van der Waals surface area contributed by atoms with Gasteiger partial charge in [-0.15, -0.1) is 0 Å². The Morgan fingerprint density at radius 3 is 2.68 bits per heavy atom. The summed E-state index contributed by atoms with van der Waals surface area (Å²) in [6.07, 6.45) is 3.40. The molecule has 0 bridgehead atoms. The van der Waals surface area contributed by atoms with Crippen molar-refractivity contribution in [2.45, 2.75) is 13.8 Å². The van der Waals surface area contributed by atoms with Crippen LogP contribution in [-0.2, 0) is 0 Å². The minimum atomic E-state index is -0.0187. The highest BCUT2D eigenvalue weighted by Crippen LogP contribution is 2.17. The van der Waals surface area contributed by atoms with Crippen molar-refractivity contribution >= 4 is 27.8 Å². The molecule has 0 aliphatic rings. The van der Waals surface area contributed by atoms with E-state index in [0.717, 1.165) is 15.8 Å². The fourth-order valence-corrected chi connectivity index (χ4v) is 2.28. The molecule has 114 valence electrons. The molecule has 0 aromatic heterocycles. The summed E-state index contributed by atoms with van der Waals surface area (Å²) in [6, 6.07) is 15.1. The van der Waals surface area contributed by atoms with Gasteiger partial charge in [-0.3, -0.25) is 4.79 Å². The van der Waals surface area contributed by atoms with Gasteiger partial charge in [0.15, 0.2) is 5.78 Å². The first-order chi connectivity index (χ1) is 10.5. The van der Waals surface area contributed by atoms with Crippen LogP contribution in [0.2, 0.25) is 0 Å². The summed E-state index contributed by atoms with van der Waals surface area (Å²) in [5.41, 5.74) is 1.61. The SMILES string of the molecule is CC(C)COc1cccc(/C=C/C(=O)c2cccc(Br)c2)c1. The van der Waals surface area contributed by atoms with Crippen molar-refractivity contribution in [2.24, 2.45) is 5.92 Å². The summed E-state index contributed by atoms with van der Waals surface area (Å²) in [4.78, 5) is 12.1. The second-order valence-electron chi connectivity index (χ2n) is 5.49. The quantitative estimate of drug-likeness (QED) is 0.511. The Bertz CT molecular complexity index is 675. The molecular weight excluding hydrogens is 340 g/mol. The van der Waals surface area contributed by atoms with E-state index in [1.807, 2.05) is 48.5 Å². The number of halogens is 1. The average molecular weight is 359 g/mol. The lowest BCUT2D eigenvalue weighted by molar-refractivity contribution is 0.104. The average Bonchev–Trinajstić information content (AvgIpc) is 2.51. The van der Waals surface area contributed by atoms with Crippen LogP contribution in [0.5, 0.6) is 5.75 Å². The van der Waals surface area contributed by atoms with Gasteiger partial charge in [0, 0.05) is 10.0 Å². The molecule has 3 heteroatoms. The smallest absolute Gasteiger partial charge is 0.185 e. The Kier molecular flexibility index (Phi) is 5.96. The molecule has 0 radical (unpaired) electrons. The van der Waals surface area contributed by atoms with Crippen LogP contribution in [-0.4, -0.2) is 12.4 Å². The molecule has 0 unspecified atom stereocenters. The van der Waals surface area contributed by atoms with Gasteiger partial charge in [0.25, 0.3) is 0 Å². The molecule has 0 fully saturated rings. The molecule has 0 saturated heterocycles. The molecule has 0 atom stereocenters. The number of hydrogen-bond acceptors (Lipinski definition) is 2. The van der Waals surface area contributed by atoms with Crippen LogP contribution in [0.4, 0.5) is 0 Å². The van der Waals surface area contributed by atoms with Gasteiger partial charge < -0.3 is 4.74 Å². The molecule has 0 saturated carbocycles. The van der Waals surface area contributed by atoms with Gasteiger partial charge in [-0.25, -0.2) is 0 Å². The molecular formula is C19H19BrO2. The second-order valence-corrected chi connectivity index (χ2v) is 6.40. The fraction of sp³-hybridized carbons (Fsp3) is 0.211. The predicted octanol–water partition coefficient (Wildman–Crippen LogP) is 5.38. The van der Waals surface area contributed by atoms with Gasteiger partial charge in [-0.1, -0.05) is 60.1 Å². The Morgan fingerprint density at radius 1 is 1.18 bits per heavy atom. The first kappa shape index (κ1) is 16.5. The minimum Gasteiger partial charge on any atom is -0.493 e. The Morgan fingerprint density at radius 2 is 1.95 bits per heavy atom. The number of hydrogen-bond donors (Lipinski definition) is 0. The predicted molar refractivity (Wildman–Crippen MR) is 94.3 cm³/mol. The molecule has 2 nitrogen and oxygen atoms in total. The third kappa shape index (κ3) is 5.15.